The van der Waals surface area contributed by atoms with Gasteiger partial charge in [0.05, 0.1) is 0 Å². The van der Waals surface area contributed by atoms with Gasteiger partial charge in [-0.3, -0.25) is 0 Å². The molecule has 2 aromatic rings. The van der Waals surface area contributed by atoms with Crippen LogP contribution >= 0.6 is 23.4 Å². The molecule has 0 aliphatic carbocycles. The van der Waals surface area contributed by atoms with E-state index in [1.54, 1.807) is 11.8 Å². The molecule has 2 N–H and O–H groups in total. The second kappa shape index (κ2) is 7.16. The van der Waals surface area contributed by atoms with Gasteiger partial charge >= 0.3 is 0 Å². The molecule has 0 amide bonds. The predicted molar refractivity (Wildman–Crippen MR) is 88.7 cm³/mol. The normalized spacial score (nSPS) is 12.4. The largest absolute Gasteiger partial charge is 0.327 e. The third-order valence-corrected chi connectivity index (χ3v) is 4.87. The Morgan fingerprint density at radius 1 is 1.15 bits per heavy atom. The molecular weight excluding hydrogens is 286 g/mol. The minimum Gasteiger partial charge on any atom is -0.327 e. The first kappa shape index (κ1) is 15.4. The average molecular weight is 306 g/mol. The lowest BCUT2D eigenvalue weighted by Gasteiger charge is -2.14. The molecule has 0 aliphatic rings. The maximum absolute atomic E-state index is 6.13. The van der Waals surface area contributed by atoms with Crippen LogP contribution in [0.15, 0.2) is 52.3 Å². The second-order valence-electron chi connectivity index (χ2n) is 4.99. The predicted octanol–water partition coefficient (Wildman–Crippen LogP) is 5.08. The molecule has 2 aromatic carbocycles. The van der Waals surface area contributed by atoms with Crippen LogP contribution in [0.25, 0.3) is 0 Å². The lowest BCUT2D eigenvalue weighted by molar-refractivity contribution is 0.641. The van der Waals surface area contributed by atoms with Crippen LogP contribution in [0.4, 0.5) is 0 Å². The fraction of sp³-hybridized carbons (Fsp3) is 0.294. The van der Waals surface area contributed by atoms with Gasteiger partial charge in [0.1, 0.15) is 0 Å². The van der Waals surface area contributed by atoms with Crippen molar-refractivity contribution in [1.82, 2.24) is 0 Å². The summed E-state index contributed by atoms with van der Waals surface area (Å²) < 4.78 is 0. The number of aryl methyl sites for hydroxylation is 1. The van der Waals surface area contributed by atoms with Gasteiger partial charge in [-0.1, -0.05) is 48.5 Å². The van der Waals surface area contributed by atoms with Gasteiger partial charge < -0.3 is 5.73 Å². The van der Waals surface area contributed by atoms with Crippen molar-refractivity contribution in [3.63, 3.8) is 0 Å². The summed E-state index contributed by atoms with van der Waals surface area (Å²) in [6.07, 6.45) is 1.84. The van der Waals surface area contributed by atoms with Crippen LogP contribution < -0.4 is 5.73 Å². The summed E-state index contributed by atoms with van der Waals surface area (Å²) in [7, 11) is 0. The van der Waals surface area contributed by atoms with Crippen LogP contribution in [-0.4, -0.2) is 6.04 Å². The van der Waals surface area contributed by atoms with Crippen molar-refractivity contribution in [1.29, 1.82) is 0 Å². The van der Waals surface area contributed by atoms with Crippen molar-refractivity contribution in [3.8, 4) is 0 Å². The van der Waals surface area contributed by atoms with Crippen LogP contribution in [0.2, 0.25) is 5.02 Å². The molecular formula is C17H20ClNS. The van der Waals surface area contributed by atoms with Gasteiger partial charge in [0.25, 0.3) is 0 Å². The zero-order chi connectivity index (χ0) is 14.5. The molecule has 1 nitrogen and oxygen atoms in total. The molecule has 0 heterocycles. The molecule has 0 spiro atoms. The lowest BCUT2D eigenvalue weighted by atomic mass is 10.0. The standard InChI is InChI=1S/C17H20ClNS/c1-3-15(19)11-13-10-14(18)8-9-17(13)20-16-7-5-4-6-12(16)2/h4-10,15H,3,11,19H2,1-2H3. The molecule has 0 aliphatic heterocycles. The number of hydrogen-bond donors (Lipinski definition) is 1. The summed E-state index contributed by atoms with van der Waals surface area (Å²) in [6.45, 7) is 4.25. The number of benzene rings is 2. The summed E-state index contributed by atoms with van der Waals surface area (Å²) in [5, 5.41) is 0.775. The zero-order valence-electron chi connectivity index (χ0n) is 11.9. The van der Waals surface area contributed by atoms with Gasteiger partial charge in [-0.15, -0.1) is 0 Å². The molecule has 1 unspecified atom stereocenters. The first-order chi connectivity index (χ1) is 9.60. The van der Waals surface area contributed by atoms with E-state index in [4.69, 9.17) is 17.3 Å². The van der Waals surface area contributed by atoms with Crippen LogP contribution in [0.3, 0.4) is 0 Å². The SMILES string of the molecule is CCC(N)Cc1cc(Cl)ccc1Sc1ccccc1C. The summed E-state index contributed by atoms with van der Waals surface area (Å²) in [6, 6.07) is 14.7. The zero-order valence-corrected chi connectivity index (χ0v) is 13.5. The van der Waals surface area contributed by atoms with E-state index < -0.39 is 0 Å². The smallest absolute Gasteiger partial charge is 0.0409 e. The monoisotopic (exact) mass is 305 g/mol. The Kier molecular flexibility index (Phi) is 5.53. The van der Waals surface area contributed by atoms with E-state index in [-0.39, 0.29) is 6.04 Å². The molecule has 2 rings (SSSR count). The third-order valence-electron chi connectivity index (χ3n) is 3.34. The summed E-state index contributed by atoms with van der Waals surface area (Å²) in [5.74, 6) is 0. The highest BCUT2D eigenvalue weighted by Crippen LogP contribution is 2.34. The Hall–Kier alpha value is -0.960. The Morgan fingerprint density at radius 3 is 2.60 bits per heavy atom. The van der Waals surface area contributed by atoms with Crippen molar-refractivity contribution < 1.29 is 0 Å². The Balaban J connectivity index is 2.29. The fourth-order valence-corrected chi connectivity index (χ4v) is 3.24. The topological polar surface area (TPSA) is 26.0 Å². The van der Waals surface area contributed by atoms with E-state index in [0.717, 1.165) is 17.9 Å². The summed E-state index contributed by atoms with van der Waals surface area (Å²) >= 11 is 7.92. The van der Waals surface area contributed by atoms with Gasteiger partial charge in [0, 0.05) is 20.9 Å². The van der Waals surface area contributed by atoms with Crippen LogP contribution in [0.1, 0.15) is 24.5 Å². The molecule has 0 fully saturated rings. The lowest BCUT2D eigenvalue weighted by Crippen LogP contribution is -2.21. The maximum atomic E-state index is 6.13. The van der Waals surface area contributed by atoms with Gasteiger partial charge in [-0.05, 0) is 55.2 Å². The highest BCUT2D eigenvalue weighted by atomic mass is 35.5. The molecule has 106 valence electrons. The average Bonchev–Trinajstić information content (AvgIpc) is 2.44. The first-order valence-corrected chi connectivity index (χ1v) is 8.07. The second-order valence-corrected chi connectivity index (χ2v) is 6.51. The van der Waals surface area contributed by atoms with Crippen LogP contribution in [0, 0.1) is 6.92 Å². The highest BCUT2D eigenvalue weighted by molar-refractivity contribution is 7.99. The molecule has 0 saturated carbocycles. The summed E-state index contributed by atoms with van der Waals surface area (Å²) in [4.78, 5) is 2.52. The van der Waals surface area contributed by atoms with Gasteiger partial charge in [0.2, 0.25) is 0 Å². The van der Waals surface area contributed by atoms with Crippen LogP contribution in [0.5, 0.6) is 0 Å². The Bertz CT molecular complexity index is 583. The minimum atomic E-state index is 0.185. The number of halogens is 1. The van der Waals surface area contributed by atoms with Crippen molar-refractivity contribution in [3.05, 3.63) is 58.6 Å². The molecule has 0 bridgehead atoms. The third kappa shape index (κ3) is 4.02. The Labute approximate surface area is 130 Å². The van der Waals surface area contributed by atoms with Crippen molar-refractivity contribution in [2.45, 2.75) is 42.5 Å². The van der Waals surface area contributed by atoms with Crippen molar-refractivity contribution in [2.75, 3.05) is 0 Å². The Morgan fingerprint density at radius 2 is 1.90 bits per heavy atom. The molecule has 0 radical (unpaired) electrons. The van der Waals surface area contributed by atoms with Gasteiger partial charge in [-0.25, -0.2) is 0 Å². The molecule has 1 atom stereocenters. The molecule has 0 aromatic heterocycles. The summed E-state index contributed by atoms with van der Waals surface area (Å²) in [5.41, 5.74) is 8.62. The van der Waals surface area contributed by atoms with E-state index in [1.165, 1.54) is 20.9 Å². The van der Waals surface area contributed by atoms with E-state index >= 15 is 0 Å². The molecule has 20 heavy (non-hydrogen) atoms. The van der Waals surface area contributed by atoms with Gasteiger partial charge in [-0.2, -0.15) is 0 Å². The van der Waals surface area contributed by atoms with Crippen molar-refractivity contribution in [2.24, 2.45) is 5.73 Å². The van der Waals surface area contributed by atoms with E-state index in [9.17, 15) is 0 Å². The molecule has 3 heteroatoms. The highest BCUT2D eigenvalue weighted by Gasteiger charge is 2.10. The quantitative estimate of drug-likeness (QED) is 0.833. The first-order valence-electron chi connectivity index (χ1n) is 6.87. The van der Waals surface area contributed by atoms with E-state index in [1.807, 2.05) is 12.1 Å². The van der Waals surface area contributed by atoms with E-state index in [2.05, 4.69) is 44.2 Å². The minimum absolute atomic E-state index is 0.185. The number of rotatable bonds is 5. The maximum Gasteiger partial charge on any atom is 0.0409 e. The van der Waals surface area contributed by atoms with E-state index in [0.29, 0.717) is 0 Å². The van der Waals surface area contributed by atoms with Crippen molar-refractivity contribution >= 4 is 23.4 Å². The van der Waals surface area contributed by atoms with Crippen LogP contribution in [-0.2, 0) is 6.42 Å². The number of nitrogens with two attached hydrogens (primary N) is 1. The number of hydrogen-bond acceptors (Lipinski definition) is 2. The van der Waals surface area contributed by atoms with Gasteiger partial charge in [0.15, 0.2) is 0 Å². The fourth-order valence-electron chi connectivity index (χ4n) is 2.02. The molecule has 0 saturated heterocycles.